The van der Waals surface area contributed by atoms with Gasteiger partial charge in [-0.05, 0) is 55.1 Å². The van der Waals surface area contributed by atoms with Gasteiger partial charge in [0.1, 0.15) is 22.0 Å². The molecule has 0 bridgehead atoms. The number of azo groups is 1. The fourth-order valence-corrected chi connectivity index (χ4v) is 4.71. The van der Waals surface area contributed by atoms with Gasteiger partial charge in [0.05, 0.1) is 17.9 Å². The van der Waals surface area contributed by atoms with Crippen molar-refractivity contribution in [3.63, 3.8) is 0 Å². The van der Waals surface area contributed by atoms with Crippen LogP contribution in [-0.2, 0) is 10.1 Å². The Morgan fingerprint density at radius 1 is 1.05 bits per heavy atom. The van der Waals surface area contributed by atoms with E-state index in [9.17, 15) is 22.9 Å². The van der Waals surface area contributed by atoms with Crippen LogP contribution in [0.15, 0.2) is 75.8 Å². The molecule has 0 spiro atoms. The van der Waals surface area contributed by atoms with Crippen LogP contribution < -0.4 is 10.1 Å². The van der Waals surface area contributed by atoms with E-state index in [4.69, 9.17) is 27.9 Å². The first kappa shape index (κ1) is 27.3. The van der Waals surface area contributed by atoms with Crippen molar-refractivity contribution in [1.82, 2.24) is 0 Å². The van der Waals surface area contributed by atoms with Gasteiger partial charge < -0.3 is 15.2 Å². The summed E-state index contributed by atoms with van der Waals surface area (Å²) in [5.41, 5.74) is 0.436. The predicted octanol–water partition coefficient (Wildman–Crippen LogP) is 7.47. The molecule has 196 valence electrons. The summed E-state index contributed by atoms with van der Waals surface area (Å²) in [6.07, 6.45) is 0. The van der Waals surface area contributed by atoms with Crippen LogP contribution in [0.1, 0.15) is 22.8 Å². The maximum atomic E-state index is 13.3. The van der Waals surface area contributed by atoms with Crippen LogP contribution in [0.2, 0.25) is 10.0 Å². The van der Waals surface area contributed by atoms with E-state index < -0.39 is 26.7 Å². The quantitative estimate of drug-likeness (QED) is 0.155. The van der Waals surface area contributed by atoms with Crippen molar-refractivity contribution >= 4 is 67.1 Å². The summed E-state index contributed by atoms with van der Waals surface area (Å²) in [7, 11) is -4.68. The fraction of sp³-hybridized carbons (Fsp3) is 0.115. The molecule has 0 aliphatic heterocycles. The van der Waals surface area contributed by atoms with Crippen LogP contribution in [0.4, 0.5) is 17.1 Å². The molecule has 0 saturated heterocycles. The SMILES string of the molecule is CCOc1cc(Cl)ccc1NC(=O)c1cc2ccccc2c(N=Nc2cc(C)c(Cl)cc2S(=O)(=O)O)c1O. The second-order valence-corrected chi connectivity index (χ2v) is 10.3. The number of carbonyl (C=O) groups is 1. The molecule has 0 heterocycles. The van der Waals surface area contributed by atoms with Crippen LogP contribution in [0, 0.1) is 6.92 Å². The number of amides is 1. The Kier molecular flexibility index (Phi) is 7.89. The molecule has 0 fully saturated rings. The summed E-state index contributed by atoms with van der Waals surface area (Å²) in [6, 6.07) is 15.4. The number of carbonyl (C=O) groups excluding carboxylic acids is 1. The Balaban J connectivity index is 1.83. The molecule has 0 aromatic heterocycles. The lowest BCUT2D eigenvalue weighted by Crippen LogP contribution is -2.13. The Morgan fingerprint density at radius 2 is 1.79 bits per heavy atom. The number of rotatable bonds is 7. The van der Waals surface area contributed by atoms with Gasteiger partial charge in [-0.15, -0.1) is 10.2 Å². The van der Waals surface area contributed by atoms with Gasteiger partial charge in [0, 0.05) is 21.5 Å². The van der Waals surface area contributed by atoms with E-state index in [2.05, 4.69) is 15.5 Å². The molecule has 0 aliphatic carbocycles. The van der Waals surface area contributed by atoms with Gasteiger partial charge in [0.15, 0.2) is 5.75 Å². The minimum absolute atomic E-state index is 0.0803. The number of fused-ring (bicyclic) bond motifs is 1. The molecule has 4 aromatic carbocycles. The highest BCUT2D eigenvalue weighted by Crippen LogP contribution is 2.41. The van der Waals surface area contributed by atoms with Gasteiger partial charge >= 0.3 is 0 Å². The number of nitrogens with zero attached hydrogens (tertiary/aromatic N) is 2. The third kappa shape index (κ3) is 5.73. The second-order valence-electron chi connectivity index (χ2n) is 8.11. The summed E-state index contributed by atoms with van der Waals surface area (Å²) >= 11 is 12.1. The first-order valence-corrected chi connectivity index (χ1v) is 13.4. The second kappa shape index (κ2) is 11.0. The number of aromatic hydroxyl groups is 1. The van der Waals surface area contributed by atoms with Crippen LogP contribution in [-0.4, -0.2) is 30.6 Å². The zero-order chi connectivity index (χ0) is 27.6. The molecule has 38 heavy (non-hydrogen) atoms. The largest absolute Gasteiger partial charge is 0.505 e. The number of nitrogens with one attached hydrogen (secondary N) is 1. The number of benzene rings is 4. The normalized spacial score (nSPS) is 11.7. The minimum atomic E-state index is -4.68. The van der Waals surface area contributed by atoms with E-state index in [0.29, 0.717) is 39.4 Å². The molecule has 0 unspecified atom stereocenters. The highest BCUT2D eigenvalue weighted by molar-refractivity contribution is 7.86. The molecule has 3 N–H and O–H groups in total. The van der Waals surface area contributed by atoms with Gasteiger partial charge in [0.2, 0.25) is 0 Å². The third-order valence-electron chi connectivity index (χ3n) is 5.51. The van der Waals surface area contributed by atoms with E-state index >= 15 is 0 Å². The van der Waals surface area contributed by atoms with Crippen molar-refractivity contribution < 1.29 is 27.6 Å². The lowest BCUT2D eigenvalue weighted by molar-refractivity contribution is 0.102. The number of phenolic OH excluding ortho intramolecular Hbond substituents is 1. The van der Waals surface area contributed by atoms with Crippen molar-refractivity contribution in [2.45, 2.75) is 18.7 Å². The Labute approximate surface area is 228 Å². The van der Waals surface area contributed by atoms with Gasteiger partial charge in [-0.1, -0.05) is 47.5 Å². The first-order chi connectivity index (χ1) is 18.0. The highest BCUT2D eigenvalue weighted by atomic mass is 35.5. The van der Waals surface area contributed by atoms with E-state index in [1.807, 2.05) is 0 Å². The molecule has 0 aliphatic rings. The maximum absolute atomic E-state index is 13.3. The zero-order valence-electron chi connectivity index (χ0n) is 20.1. The summed E-state index contributed by atoms with van der Waals surface area (Å²) in [5.74, 6) is -0.797. The number of anilines is 1. The molecule has 0 atom stereocenters. The standard InChI is InChI=1S/C26H21Cl2N3O6S/c1-3-37-22-12-16(27)8-9-20(22)29-26(33)18-11-15-6-4-5-7-17(15)24(25(18)32)31-30-21-10-14(2)19(28)13-23(21)38(34,35)36/h4-13,32H,3H2,1-2H3,(H,29,33)(H,34,35,36). The zero-order valence-corrected chi connectivity index (χ0v) is 22.4. The molecule has 0 radical (unpaired) electrons. The van der Waals surface area contributed by atoms with Gasteiger partial charge in [-0.3, -0.25) is 9.35 Å². The Bertz CT molecular complexity index is 1710. The molecule has 0 saturated carbocycles. The van der Waals surface area contributed by atoms with Gasteiger partial charge in [-0.2, -0.15) is 8.42 Å². The molecular weight excluding hydrogens is 553 g/mol. The fourth-order valence-electron chi connectivity index (χ4n) is 3.69. The van der Waals surface area contributed by atoms with E-state index in [1.54, 1.807) is 56.3 Å². The van der Waals surface area contributed by atoms with E-state index in [1.165, 1.54) is 12.1 Å². The lowest BCUT2D eigenvalue weighted by Gasteiger charge is -2.14. The van der Waals surface area contributed by atoms with Crippen molar-refractivity contribution in [2.24, 2.45) is 10.2 Å². The summed E-state index contributed by atoms with van der Waals surface area (Å²) in [6.45, 7) is 3.75. The maximum Gasteiger partial charge on any atom is 0.296 e. The van der Waals surface area contributed by atoms with Crippen LogP contribution in [0.25, 0.3) is 10.8 Å². The predicted molar refractivity (Wildman–Crippen MR) is 146 cm³/mol. The highest BCUT2D eigenvalue weighted by Gasteiger charge is 2.21. The number of hydrogen-bond acceptors (Lipinski definition) is 7. The number of hydrogen-bond donors (Lipinski definition) is 3. The monoisotopic (exact) mass is 573 g/mol. The molecule has 12 heteroatoms. The number of ether oxygens (including phenoxy) is 1. The van der Waals surface area contributed by atoms with Crippen molar-refractivity contribution in [3.8, 4) is 11.5 Å². The molecule has 4 rings (SSSR count). The van der Waals surface area contributed by atoms with Crippen molar-refractivity contribution in [1.29, 1.82) is 0 Å². The first-order valence-electron chi connectivity index (χ1n) is 11.2. The number of halogens is 2. The molecular formula is C26H21Cl2N3O6S. The average molecular weight is 574 g/mol. The average Bonchev–Trinajstić information content (AvgIpc) is 2.86. The van der Waals surface area contributed by atoms with Crippen LogP contribution in [0.5, 0.6) is 11.5 Å². The van der Waals surface area contributed by atoms with Gasteiger partial charge in [-0.25, -0.2) is 0 Å². The molecule has 9 nitrogen and oxygen atoms in total. The van der Waals surface area contributed by atoms with Crippen molar-refractivity contribution in [3.05, 3.63) is 81.8 Å². The molecule has 1 amide bonds. The van der Waals surface area contributed by atoms with Crippen LogP contribution in [0.3, 0.4) is 0 Å². The van der Waals surface area contributed by atoms with E-state index in [-0.39, 0.29) is 22.0 Å². The minimum Gasteiger partial charge on any atom is -0.505 e. The Hall–Kier alpha value is -3.70. The van der Waals surface area contributed by atoms with E-state index in [0.717, 1.165) is 6.07 Å². The number of aryl methyl sites for hydroxylation is 1. The summed E-state index contributed by atoms with van der Waals surface area (Å²) < 4.78 is 39.0. The number of phenols is 1. The smallest absolute Gasteiger partial charge is 0.296 e. The van der Waals surface area contributed by atoms with Crippen LogP contribution >= 0.6 is 23.2 Å². The lowest BCUT2D eigenvalue weighted by atomic mass is 10.0. The van der Waals surface area contributed by atoms with Crippen molar-refractivity contribution in [2.75, 3.05) is 11.9 Å². The summed E-state index contributed by atoms with van der Waals surface area (Å²) in [4.78, 5) is 12.7. The summed E-state index contributed by atoms with van der Waals surface area (Å²) in [5, 5.41) is 23.4. The Morgan fingerprint density at radius 3 is 2.50 bits per heavy atom. The van der Waals surface area contributed by atoms with Gasteiger partial charge in [0.25, 0.3) is 16.0 Å². The molecule has 4 aromatic rings. The third-order valence-corrected chi connectivity index (χ3v) is 7.03. The topological polar surface area (TPSA) is 138 Å².